The second kappa shape index (κ2) is 12.1. The van der Waals surface area contributed by atoms with Gasteiger partial charge in [0.15, 0.2) is 11.4 Å². The number of nitrogens with zero attached hydrogens (tertiary/aromatic N) is 1. The highest BCUT2D eigenvalue weighted by molar-refractivity contribution is 7.99. The van der Waals surface area contributed by atoms with Crippen molar-refractivity contribution in [1.82, 2.24) is 4.90 Å². The van der Waals surface area contributed by atoms with Crippen LogP contribution in [0.25, 0.3) is 5.76 Å². The highest BCUT2D eigenvalue weighted by Gasteiger charge is 2.67. The Morgan fingerprint density at radius 2 is 1.90 bits per heavy atom. The van der Waals surface area contributed by atoms with Crippen LogP contribution in [-0.4, -0.2) is 98.7 Å². The van der Waals surface area contributed by atoms with E-state index in [4.69, 9.17) is 10.5 Å². The fraction of sp³-hybridized carbons (Fsp3) is 0.586. The summed E-state index contributed by atoms with van der Waals surface area (Å²) in [6.45, 7) is 0.657. The van der Waals surface area contributed by atoms with Gasteiger partial charge in [-0.1, -0.05) is 25.0 Å². The number of primary amides is 1. The lowest BCUT2D eigenvalue weighted by Gasteiger charge is -2.53. The number of rotatable bonds is 11. The molecular weight excluding hydrogens is 552 g/mol. The van der Waals surface area contributed by atoms with Gasteiger partial charge < -0.3 is 35.8 Å². The van der Waals surface area contributed by atoms with Crippen molar-refractivity contribution in [2.75, 3.05) is 26.5 Å². The van der Waals surface area contributed by atoms with Crippen molar-refractivity contribution in [3.05, 3.63) is 34.9 Å². The number of fused-ring (bicyclic) bond motifs is 2. The van der Waals surface area contributed by atoms with Crippen molar-refractivity contribution in [1.29, 1.82) is 0 Å². The average molecular weight is 591 g/mol. The molecule has 0 radical (unpaired) electrons. The van der Waals surface area contributed by atoms with E-state index in [1.54, 1.807) is 38.0 Å². The van der Waals surface area contributed by atoms with Gasteiger partial charge in [0.1, 0.15) is 17.6 Å². The second-order valence-corrected chi connectivity index (χ2v) is 12.7. The normalized spacial score (nSPS) is 29.6. The van der Waals surface area contributed by atoms with E-state index < -0.39 is 71.3 Å². The number of benzene rings is 1. The zero-order valence-electron chi connectivity index (χ0n) is 23.4. The van der Waals surface area contributed by atoms with Gasteiger partial charge in [-0.3, -0.25) is 19.2 Å². The Kier molecular flexibility index (Phi) is 9.17. The molecule has 4 rings (SSSR count). The van der Waals surface area contributed by atoms with E-state index >= 15 is 0 Å². The van der Waals surface area contributed by atoms with Crippen molar-refractivity contribution < 1.29 is 44.3 Å². The minimum Gasteiger partial charge on any atom is -0.507 e. The van der Waals surface area contributed by atoms with E-state index in [-0.39, 0.29) is 23.4 Å². The first-order valence-corrected chi connectivity index (χ1v) is 14.8. The molecule has 11 nitrogen and oxygen atoms in total. The lowest BCUT2D eigenvalue weighted by atomic mass is 9.55. The van der Waals surface area contributed by atoms with E-state index in [1.807, 2.05) is 0 Å². The Labute approximate surface area is 242 Å². The first-order valence-electron chi connectivity index (χ1n) is 13.8. The van der Waals surface area contributed by atoms with Gasteiger partial charge in [-0.15, -0.1) is 0 Å². The summed E-state index contributed by atoms with van der Waals surface area (Å²) in [5.41, 5.74) is 2.53. The molecule has 3 aliphatic carbocycles. The number of phenols is 1. The molecule has 0 heterocycles. The summed E-state index contributed by atoms with van der Waals surface area (Å²) in [6.07, 6.45) is 2.85. The maximum absolute atomic E-state index is 14.4. The highest BCUT2D eigenvalue weighted by Crippen LogP contribution is 2.55. The number of aromatic hydroxyl groups is 1. The number of carbonyl (C=O) groups is 4. The van der Waals surface area contributed by atoms with Crippen LogP contribution in [0, 0.1) is 17.8 Å². The number of hydrogen-bond acceptors (Lipinski definition) is 11. The summed E-state index contributed by atoms with van der Waals surface area (Å²) in [5, 5.41) is 45.2. The molecule has 7 atom stereocenters. The average Bonchev–Trinajstić information content (AvgIpc) is 3.45. The topological polar surface area (TPSA) is 188 Å². The molecular formula is C29H38N2O9S. The number of likely N-dealkylation sites (N-methyl/N-ethyl adjacent to an activating group) is 1. The molecule has 3 unspecified atom stereocenters. The number of aliphatic hydroxyl groups excluding tert-OH is 2. The summed E-state index contributed by atoms with van der Waals surface area (Å²) in [4.78, 5) is 53.7. The highest BCUT2D eigenvalue weighted by atomic mass is 32.2. The summed E-state index contributed by atoms with van der Waals surface area (Å²) >= 11 is 1.68. The second-order valence-electron chi connectivity index (χ2n) is 11.4. The molecule has 0 spiro atoms. The monoisotopic (exact) mass is 590 g/mol. The van der Waals surface area contributed by atoms with Crippen LogP contribution < -0.4 is 5.73 Å². The van der Waals surface area contributed by atoms with Gasteiger partial charge in [0.2, 0.25) is 11.7 Å². The van der Waals surface area contributed by atoms with Gasteiger partial charge >= 0.3 is 0 Å². The van der Waals surface area contributed by atoms with Crippen LogP contribution >= 0.6 is 11.8 Å². The largest absolute Gasteiger partial charge is 0.507 e. The van der Waals surface area contributed by atoms with Crippen LogP contribution in [0.15, 0.2) is 23.8 Å². The Hall–Kier alpha value is -2.93. The van der Waals surface area contributed by atoms with Gasteiger partial charge in [-0.25, -0.2) is 0 Å². The van der Waals surface area contributed by atoms with E-state index in [0.717, 1.165) is 32.6 Å². The zero-order valence-corrected chi connectivity index (χ0v) is 24.2. The Morgan fingerprint density at radius 3 is 2.46 bits per heavy atom. The SMILES string of the molecule is CC(C(N)=O)C(=O)[C@@]1(O)C(=O)C2=C(O)c3c(O)cccc3C(CSC3CCCC3)[C@H]2C(OC=O)[C@H]1[C@@H](CO)N(C)C. The molecule has 0 saturated heterocycles. The molecule has 41 heavy (non-hydrogen) atoms. The number of nitrogens with two attached hydrogens (primary N) is 1. The van der Waals surface area contributed by atoms with Gasteiger partial charge in [0, 0.05) is 34.5 Å². The predicted octanol–water partition coefficient (Wildman–Crippen LogP) is 1.14. The Morgan fingerprint density at radius 1 is 1.24 bits per heavy atom. The van der Waals surface area contributed by atoms with Crippen LogP contribution in [0.5, 0.6) is 5.75 Å². The Balaban J connectivity index is 2.00. The number of carbonyl (C=O) groups excluding carboxylic acids is 4. The van der Waals surface area contributed by atoms with Gasteiger partial charge in [0.05, 0.1) is 24.0 Å². The van der Waals surface area contributed by atoms with E-state index in [1.165, 1.54) is 11.0 Å². The minimum atomic E-state index is -3.01. The third kappa shape index (κ3) is 5.15. The number of phenolic OH excluding ortho intramolecular Hbond substituents is 1. The summed E-state index contributed by atoms with van der Waals surface area (Å²) in [7, 11) is 3.13. The molecule has 3 aliphatic rings. The zero-order chi connectivity index (χ0) is 30.2. The van der Waals surface area contributed by atoms with E-state index in [2.05, 4.69) is 0 Å². The molecule has 224 valence electrons. The molecule has 6 N–H and O–H groups in total. The summed E-state index contributed by atoms with van der Waals surface area (Å²) < 4.78 is 5.61. The molecule has 2 saturated carbocycles. The predicted molar refractivity (Wildman–Crippen MR) is 151 cm³/mol. The van der Waals surface area contributed by atoms with E-state index in [0.29, 0.717) is 16.6 Å². The number of hydrogen-bond donors (Lipinski definition) is 5. The minimum absolute atomic E-state index is 0.00325. The molecule has 1 aromatic rings. The van der Waals surface area contributed by atoms with Crippen LogP contribution in [0.4, 0.5) is 0 Å². The molecule has 0 bridgehead atoms. The lowest BCUT2D eigenvalue weighted by molar-refractivity contribution is -0.185. The van der Waals surface area contributed by atoms with Crippen molar-refractivity contribution in [3.8, 4) is 5.75 Å². The number of ketones is 2. The van der Waals surface area contributed by atoms with Crippen LogP contribution in [0.1, 0.15) is 49.7 Å². The summed E-state index contributed by atoms with van der Waals surface area (Å²) in [5.74, 6) is -8.80. The molecule has 0 aliphatic heterocycles. The molecule has 12 heteroatoms. The van der Waals surface area contributed by atoms with Crippen LogP contribution in [-0.2, 0) is 23.9 Å². The van der Waals surface area contributed by atoms with Crippen molar-refractivity contribution >= 4 is 41.5 Å². The lowest BCUT2D eigenvalue weighted by Crippen LogP contribution is -2.70. The molecule has 0 aromatic heterocycles. The number of amides is 1. The quantitative estimate of drug-likeness (QED) is 0.184. The fourth-order valence-corrected chi connectivity index (χ4v) is 8.37. The standard InChI is InChI=1S/C29H38N2O9S/c1-14(28(30)38)26(36)29(39)23(18(11-32)31(2)3)25(40-13-33)21-17(12-41-15-7-4-5-8-15)16-9-6-10-19(34)20(16)24(35)22(21)27(29)37/h6,9-10,13-15,17-18,21,23,25,32,34-35,39H,4-5,7-8,11-12H2,1-3H3,(H2,30,38)/t14?,17?,18-,21-,23-,25?,29-/m1/s1. The van der Waals surface area contributed by atoms with Gasteiger partial charge in [-0.05, 0) is 45.5 Å². The first-order chi connectivity index (χ1) is 19.4. The van der Waals surface area contributed by atoms with Gasteiger partial charge in [-0.2, -0.15) is 11.8 Å². The maximum atomic E-state index is 14.4. The number of thioether (sulfide) groups is 1. The Bertz CT molecular complexity index is 1240. The molecule has 2 fully saturated rings. The smallest absolute Gasteiger partial charge is 0.293 e. The fourth-order valence-electron chi connectivity index (χ4n) is 6.83. The third-order valence-corrected chi connectivity index (χ3v) is 10.5. The number of aliphatic hydroxyl groups is 3. The van der Waals surface area contributed by atoms with Crippen molar-refractivity contribution in [2.45, 2.75) is 61.5 Å². The van der Waals surface area contributed by atoms with Crippen molar-refractivity contribution in [3.63, 3.8) is 0 Å². The number of ether oxygens (including phenoxy) is 1. The molecule has 1 aromatic carbocycles. The van der Waals surface area contributed by atoms with Crippen LogP contribution in [0.2, 0.25) is 0 Å². The number of Topliss-reactive ketones (excluding diaryl/α,β-unsaturated/α-hetero) is 2. The maximum Gasteiger partial charge on any atom is 0.293 e. The third-order valence-electron chi connectivity index (χ3n) is 9.00. The summed E-state index contributed by atoms with van der Waals surface area (Å²) in [6, 6.07) is 3.60. The molecule has 1 amide bonds. The van der Waals surface area contributed by atoms with Crippen LogP contribution in [0.3, 0.4) is 0 Å². The van der Waals surface area contributed by atoms with E-state index in [9.17, 15) is 39.6 Å². The first kappa shape index (κ1) is 31.0. The van der Waals surface area contributed by atoms with Crippen molar-refractivity contribution in [2.24, 2.45) is 23.5 Å². The van der Waals surface area contributed by atoms with Gasteiger partial charge in [0.25, 0.3) is 6.47 Å².